The minimum atomic E-state index is 0.616. The molecule has 0 saturated carbocycles. The highest BCUT2D eigenvalue weighted by atomic mass is 32.2. The van der Waals surface area contributed by atoms with Crippen molar-refractivity contribution in [2.75, 3.05) is 6.26 Å². The Morgan fingerprint density at radius 1 is 1.33 bits per heavy atom. The van der Waals surface area contributed by atoms with E-state index in [1.807, 2.05) is 24.5 Å². The Kier molecular flexibility index (Phi) is 2.01. The van der Waals surface area contributed by atoms with E-state index < -0.39 is 0 Å². The predicted molar refractivity (Wildman–Crippen MR) is 41.0 cm³/mol. The maximum absolute atomic E-state index is 7.35. The highest BCUT2D eigenvalue weighted by molar-refractivity contribution is 7.98. The molecule has 0 spiro atoms. The predicted octanol–water partition coefficient (Wildman–Crippen LogP) is 2.32. The third-order valence-corrected chi connectivity index (χ3v) is 1.90. The van der Waals surface area contributed by atoms with E-state index in [1.54, 1.807) is 17.8 Å². The largest absolute Gasteiger partial charge is 0.300 e. The van der Waals surface area contributed by atoms with Gasteiger partial charge in [0, 0.05) is 4.90 Å². The zero-order chi connectivity index (χ0) is 6.69. The van der Waals surface area contributed by atoms with Crippen LogP contribution < -0.4 is 5.73 Å². The van der Waals surface area contributed by atoms with Gasteiger partial charge in [-0.15, -0.1) is 11.8 Å². The lowest BCUT2D eigenvalue weighted by atomic mass is 10.3. The van der Waals surface area contributed by atoms with Crippen LogP contribution in [0.15, 0.2) is 29.2 Å². The number of nitrogens with one attached hydrogen (secondary N) is 1. The van der Waals surface area contributed by atoms with Crippen molar-refractivity contribution in [1.29, 1.82) is 0 Å². The van der Waals surface area contributed by atoms with Gasteiger partial charge >= 0.3 is 0 Å². The van der Waals surface area contributed by atoms with Gasteiger partial charge in [-0.3, -0.25) is 5.73 Å². The minimum Gasteiger partial charge on any atom is -0.300 e. The summed E-state index contributed by atoms with van der Waals surface area (Å²) in [5, 5.41) is 0. The van der Waals surface area contributed by atoms with Gasteiger partial charge in [-0.1, -0.05) is 12.1 Å². The summed E-state index contributed by atoms with van der Waals surface area (Å²) < 4.78 is 0. The molecule has 0 heterocycles. The molecule has 1 rings (SSSR count). The lowest BCUT2D eigenvalue weighted by Gasteiger charge is -1.96. The molecular formula is C7H8NS. The molecule has 1 radical (unpaired) electrons. The quantitative estimate of drug-likeness (QED) is 0.546. The smallest absolute Gasteiger partial charge is 0.0675 e. The maximum atomic E-state index is 7.35. The molecule has 1 nitrogen and oxygen atoms in total. The number of thioether (sulfide) groups is 1. The fourth-order valence-electron chi connectivity index (χ4n) is 0.645. The Balaban J connectivity index is 3.01. The molecule has 0 amide bonds. The van der Waals surface area contributed by atoms with E-state index in [0.717, 1.165) is 4.90 Å². The van der Waals surface area contributed by atoms with Crippen molar-refractivity contribution < 1.29 is 0 Å². The maximum Gasteiger partial charge on any atom is 0.0675 e. The van der Waals surface area contributed by atoms with Crippen LogP contribution in [0.2, 0.25) is 0 Å². The third-order valence-electron chi connectivity index (χ3n) is 1.11. The molecule has 0 bridgehead atoms. The molecule has 47 valence electrons. The van der Waals surface area contributed by atoms with E-state index in [9.17, 15) is 0 Å². The third kappa shape index (κ3) is 1.39. The summed E-state index contributed by atoms with van der Waals surface area (Å²) >= 11 is 1.61. The van der Waals surface area contributed by atoms with Crippen LogP contribution in [0.4, 0.5) is 5.69 Å². The fourth-order valence-corrected chi connectivity index (χ4v) is 1.15. The molecule has 0 aliphatic carbocycles. The molecule has 0 unspecified atom stereocenters. The van der Waals surface area contributed by atoms with Crippen LogP contribution in [0, 0.1) is 0 Å². The second-order valence-corrected chi connectivity index (χ2v) is 2.55. The topological polar surface area (TPSA) is 23.8 Å². The van der Waals surface area contributed by atoms with Crippen LogP contribution in [-0.4, -0.2) is 6.26 Å². The van der Waals surface area contributed by atoms with E-state index in [-0.39, 0.29) is 0 Å². The van der Waals surface area contributed by atoms with E-state index in [2.05, 4.69) is 0 Å². The molecule has 1 N–H and O–H groups in total. The molecule has 1 aromatic rings. The molecule has 2 heteroatoms. The van der Waals surface area contributed by atoms with Crippen molar-refractivity contribution in [3.05, 3.63) is 24.3 Å². The molecule has 0 aliphatic heterocycles. The van der Waals surface area contributed by atoms with Gasteiger partial charge in [-0.05, 0) is 18.4 Å². The lowest BCUT2D eigenvalue weighted by molar-refractivity contribution is 1.35. The summed E-state index contributed by atoms with van der Waals surface area (Å²) in [7, 11) is 0. The summed E-state index contributed by atoms with van der Waals surface area (Å²) in [6.45, 7) is 0. The highest BCUT2D eigenvalue weighted by Gasteiger charge is 1.92. The first-order valence-corrected chi connectivity index (χ1v) is 3.91. The van der Waals surface area contributed by atoms with Crippen LogP contribution in [0.1, 0.15) is 0 Å². The zero-order valence-corrected chi connectivity index (χ0v) is 6.03. The minimum absolute atomic E-state index is 0.616. The molecular weight excluding hydrogens is 130 g/mol. The Morgan fingerprint density at radius 2 is 2.00 bits per heavy atom. The van der Waals surface area contributed by atoms with E-state index in [1.165, 1.54) is 0 Å². The number of benzene rings is 1. The van der Waals surface area contributed by atoms with Crippen LogP contribution in [0.5, 0.6) is 0 Å². The van der Waals surface area contributed by atoms with E-state index >= 15 is 0 Å². The summed E-state index contributed by atoms with van der Waals surface area (Å²) in [5.74, 6) is 0. The molecule has 1 aromatic carbocycles. The summed E-state index contributed by atoms with van der Waals surface area (Å²) in [5.41, 5.74) is 7.97. The molecule has 9 heavy (non-hydrogen) atoms. The number of hydrogen-bond acceptors (Lipinski definition) is 1. The second kappa shape index (κ2) is 2.78. The second-order valence-electron chi connectivity index (χ2n) is 1.70. The zero-order valence-electron chi connectivity index (χ0n) is 5.22. The lowest BCUT2D eigenvalue weighted by Crippen LogP contribution is -1.72. The summed E-state index contributed by atoms with van der Waals surface area (Å²) in [6.07, 6.45) is 1.98. The van der Waals surface area contributed by atoms with Crippen molar-refractivity contribution in [3.8, 4) is 0 Å². The Morgan fingerprint density at radius 3 is 2.44 bits per heavy atom. The van der Waals surface area contributed by atoms with Gasteiger partial charge in [0.15, 0.2) is 0 Å². The number of rotatable bonds is 1. The van der Waals surface area contributed by atoms with Gasteiger partial charge < -0.3 is 0 Å². The first-order chi connectivity index (χ1) is 4.34. The molecule has 0 atom stereocenters. The Hall–Kier alpha value is -0.630. The van der Waals surface area contributed by atoms with Crippen LogP contribution in [0.25, 0.3) is 0 Å². The normalized spacial score (nSPS) is 9.44. The van der Waals surface area contributed by atoms with Crippen LogP contribution in [-0.2, 0) is 0 Å². The van der Waals surface area contributed by atoms with Crippen molar-refractivity contribution >= 4 is 17.4 Å². The van der Waals surface area contributed by atoms with Gasteiger partial charge in [0.1, 0.15) is 0 Å². The SMILES string of the molecule is CSc1ccccc1[NH]. The van der Waals surface area contributed by atoms with Crippen molar-refractivity contribution in [2.24, 2.45) is 0 Å². The highest BCUT2D eigenvalue weighted by Crippen LogP contribution is 2.22. The number of hydrogen-bond donors (Lipinski definition) is 0. The molecule has 0 fully saturated rings. The molecule has 0 aromatic heterocycles. The standard InChI is InChI=1S/C7H8NS/c1-9-7-5-3-2-4-6(7)8/h2-5,8H,1H3. The van der Waals surface area contributed by atoms with E-state index in [4.69, 9.17) is 5.73 Å². The average Bonchev–Trinajstić information content (AvgIpc) is 1.89. The van der Waals surface area contributed by atoms with Crippen LogP contribution >= 0.6 is 11.8 Å². The molecule has 0 saturated heterocycles. The van der Waals surface area contributed by atoms with Gasteiger partial charge in [0.05, 0.1) is 5.69 Å². The first kappa shape index (κ1) is 6.49. The molecule has 0 aliphatic rings. The fraction of sp³-hybridized carbons (Fsp3) is 0.143. The van der Waals surface area contributed by atoms with E-state index in [0.29, 0.717) is 5.69 Å². The van der Waals surface area contributed by atoms with Crippen molar-refractivity contribution in [3.63, 3.8) is 0 Å². The van der Waals surface area contributed by atoms with Gasteiger partial charge in [-0.25, -0.2) is 0 Å². The van der Waals surface area contributed by atoms with Gasteiger partial charge in [0.2, 0.25) is 0 Å². The van der Waals surface area contributed by atoms with Gasteiger partial charge in [0.25, 0.3) is 0 Å². The average molecular weight is 138 g/mol. The summed E-state index contributed by atoms with van der Waals surface area (Å²) in [4.78, 5) is 1.04. The monoisotopic (exact) mass is 138 g/mol. The Labute approximate surface area is 59.3 Å². The van der Waals surface area contributed by atoms with Crippen LogP contribution in [0.3, 0.4) is 0 Å². The summed E-state index contributed by atoms with van der Waals surface area (Å²) in [6, 6.07) is 7.57. The first-order valence-electron chi connectivity index (χ1n) is 2.69. The Bertz CT molecular complexity index is 198. The van der Waals surface area contributed by atoms with Crippen molar-refractivity contribution in [1.82, 2.24) is 5.73 Å². The van der Waals surface area contributed by atoms with Crippen molar-refractivity contribution in [2.45, 2.75) is 4.90 Å². The van der Waals surface area contributed by atoms with Gasteiger partial charge in [-0.2, -0.15) is 0 Å².